The number of halogens is 1. The van der Waals surface area contributed by atoms with Gasteiger partial charge < -0.3 is 14.7 Å². The van der Waals surface area contributed by atoms with Gasteiger partial charge in [0.15, 0.2) is 11.8 Å². The van der Waals surface area contributed by atoms with Crippen molar-refractivity contribution in [2.24, 2.45) is 10.4 Å². The first-order valence-corrected chi connectivity index (χ1v) is 8.98. The number of aromatic nitrogens is 2. The van der Waals surface area contributed by atoms with Crippen molar-refractivity contribution in [3.05, 3.63) is 11.7 Å². The Balaban J connectivity index is 0.00000208. The third-order valence-electron chi connectivity index (χ3n) is 5.07. The zero-order valence-electron chi connectivity index (χ0n) is 15.0. The Morgan fingerprint density at radius 2 is 2.17 bits per heavy atom. The number of nitrogens with one attached hydrogen (secondary N) is 1. The van der Waals surface area contributed by atoms with Crippen LogP contribution in [0, 0.1) is 5.41 Å². The van der Waals surface area contributed by atoms with Crippen LogP contribution in [0.15, 0.2) is 9.52 Å². The van der Waals surface area contributed by atoms with Crippen LogP contribution in [0.1, 0.15) is 64.1 Å². The van der Waals surface area contributed by atoms with Crippen LogP contribution in [0.5, 0.6) is 0 Å². The van der Waals surface area contributed by atoms with Gasteiger partial charge in [-0.15, -0.1) is 24.0 Å². The number of hydrogen-bond acceptors (Lipinski definition) is 4. The highest BCUT2D eigenvalue weighted by Crippen LogP contribution is 2.47. The first kappa shape index (κ1) is 19.5. The molecule has 1 aromatic rings. The molecule has 1 N–H and O–H groups in total. The van der Waals surface area contributed by atoms with Gasteiger partial charge in [-0.25, -0.2) is 0 Å². The molecule has 0 aromatic carbocycles. The van der Waals surface area contributed by atoms with Crippen molar-refractivity contribution in [3.63, 3.8) is 0 Å². The smallest absolute Gasteiger partial charge is 0.228 e. The second kappa shape index (κ2) is 8.49. The summed E-state index contributed by atoms with van der Waals surface area (Å²) in [5.74, 6) is 2.81. The Kier molecular flexibility index (Phi) is 6.88. The van der Waals surface area contributed by atoms with Gasteiger partial charge in [0.2, 0.25) is 5.89 Å². The van der Waals surface area contributed by atoms with Crippen LogP contribution in [-0.2, 0) is 6.42 Å². The lowest BCUT2D eigenvalue weighted by atomic mass is 9.68. The van der Waals surface area contributed by atoms with E-state index in [2.05, 4.69) is 41.1 Å². The molecule has 2 fully saturated rings. The lowest BCUT2D eigenvalue weighted by Crippen LogP contribution is -2.42. The molecule has 3 rings (SSSR count). The van der Waals surface area contributed by atoms with Gasteiger partial charge in [-0.2, -0.15) is 4.98 Å². The van der Waals surface area contributed by atoms with Crippen LogP contribution in [0.3, 0.4) is 0 Å². The van der Waals surface area contributed by atoms with Crippen molar-refractivity contribution in [1.82, 2.24) is 20.4 Å². The molecule has 1 spiro atoms. The van der Waals surface area contributed by atoms with E-state index in [1.54, 1.807) is 0 Å². The number of rotatable bonds is 5. The number of aliphatic imine (C=N–C) groups is 1. The maximum atomic E-state index is 5.29. The second-order valence-corrected chi connectivity index (χ2v) is 7.21. The number of guanidine groups is 1. The fraction of sp³-hybridized carbons (Fsp3) is 0.824. The van der Waals surface area contributed by atoms with Crippen molar-refractivity contribution in [3.8, 4) is 0 Å². The lowest BCUT2D eigenvalue weighted by Gasteiger charge is -2.38. The summed E-state index contributed by atoms with van der Waals surface area (Å²) in [6, 6.07) is 0. The maximum Gasteiger partial charge on any atom is 0.228 e. The molecule has 6 nitrogen and oxygen atoms in total. The summed E-state index contributed by atoms with van der Waals surface area (Å²) in [5, 5.41) is 7.43. The minimum atomic E-state index is 0. The minimum Gasteiger partial charge on any atom is -0.357 e. The van der Waals surface area contributed by atoms with E-state index in [1.807, 2.05) is 0 Å². The van der Waals surface area contributed by atoms with Gasteiger partial charge in [-0.3, -0.25) is 4.99 Å². The Morgan fingerprint density at radius 1 is 1.38 bits per heavy atom. The van der Waals surface area contributed by atoms with Gasteiger partial charge in [0.1, 0.15) is 0 Å². The largest absolute Gasteiger partial charge is 0.357 e. The quantitative estimate of drug-likeness (QED) is 0.427. The molecule has 0 amide bonds. The molecule has 1 aromatic heterocycles. The summed E-state index contributed by atoms with van der Waals surface area (Å²) >= 11 is 0. The summed E-state index contributed by atoms with van der Waals surface area (Å²) < 4.78 is 5.29. The monoisotopic (exact) mass is 447 g/mol. The summed E-state index contributed by atoms with van der Waals surface area (Å²) in [6.07, 6.45) is 6.20. The molecule has 2 heterocycles. The standard InChI is InChI=1S/C17H29N5O.HI/c1-4-18-16(22-11-9-17(12-22)7-5-8-17)19-10-6-14-20-15(13(2)3)21-23-14;/h13H,4-12H2,1-3H3,(H,18,19);1H. The molecule has 1 aliphatic carbocycles. The molecule has 0 unspecified atom stereocenters. The Morgan fingerprint density at radius 3 is 2.71 bits per heavy atom. The van der Waals surface area contributed by atoms with Gasteiger partial charge in [-0.05, 0) is 31.6 Å². The zero-order valence-corrected chi connectivity index (χ0v) is 17.4. The van der Waals surface area contributed by atoms with Crippen LogP contribution in [0.25, 0.3) is 0 Å². The fourth-order valence-corrected chi connectivity index (χ4v) is 3.49. The third-order valence-corrected chi connectivity index (χ3v) is 5.07. The highest BCUT2D eigenvalue weighted by molar-refractivity contribution is 14.0. The lowest BCUT2D eigenvalue weighted by molar-refractivity contribution is 0.151. The van der Waals surface area contributed by atoms with Crippen LogP contribution < -0.4 is 5.32 Å². The summed E-state index contributed by atoms with van der Waals surface area (Å²) in [5.41, 5.74) is 0.592. The van der Waals surface area contributed by atoms with Gasteiger partial charge in [0, 0.05) is 32.0 Å². The highest BCUT2D eigenvalue weighted by atomic mass is 127. The third kappa shape index (κ3) is 4.40. The SMILES string of the molecule is CCNC(=NCCc1nc(C(C)C)no1)N1CCC2(CCC2)C1.I. The van der Waals surface area contributed by atoms with Gasteiger partial charge >= 0.3 is 0 Å². The Labute approximate surface area is 161 Å². The van der Waals surface area contributed by atoms with E-state index in [0.717, 1.165) is 31.4 Å². The van der Waals surface area contributed by atoms with E-state index in [1.165, 1.54) is 25.7 Å². The molecule has 0 bridgehead atoms. The maximum absolute atomic E-state index is 5.29. The minimum absolute atomic E-state index is 0. The Hall–Kier alpha value is -0.860. The molecular weight excluding hydrogens is 417 g/mol. The summed E-state index contributed by atoms with van der Waals surface area (Å²) in [6.45, 7) is 10.1. The van der Waals surface area contributed by atoms with Crippen LogP contribution in [0.4, 0.5) is 0 Å². The van der Waals surface area contributed by atoms with Crippen LogP contribution in [0.2, 0.25) is 0 Å². The van der Waals surface area contributed by atoms with Crippen molar-refractivity contribution in [2.75, 3.05) is 26.2 Å². The molecule has 1 saturated carbocycles. The molecule has 1 aliphatic heterocycles. The van der Waals surface area contributed by atoms with E-state index in [0.29, 0.717) is 30.2 Å². The molecule has 0 radical (unpaired) electrons. The van der Waals surface area contributed by atoms with E-state index in [9.17, 15) is 0 Å². The van der Waals surface area contributed by atoms with Crippen LogP contribution in [-0.4, -0.2) is 47.2 Å². The predicted octanol–water partition coefficient (Wildman–Crippen LogP) is 3.20. The van der Waals surface area contributed by atoms with E-state index in [-0.39, 0.29) is 24.0 Å². The summed E-state index contributed by atoms with van der Waals surface area (Å²) in [4.78, 5) is 11.6. The normalized spacial score (nSPS) is 19.5. The van der Waals surface area contributed by atoms with E-state index in [4.69, 9.17) is 9.52 Å². The van der Waals surface area contributed by atoms with Crippen molar-refractivity contribution in [2.45, 2.75) is 58.8 Å². The van der Waals surface area contributed by atoms with Gasteiger partial charge in [0.05, 0.1) is 6.54 Å². The topological polar surface area (TPSA) is 66.5 Å². The number of nitrogens with zero attached hydrogens (tertiary/aromatic N) is 4. The molecule has 0 atom stereocenters. The number of likely N-dealkylation sites (tertiary alicyclic amines) is 1. The molecule has 2 aliphatic rings. The first-order chi connectivity index (χ1) is 11.1. The fourth-order valence-electron chi connectivity index (χ4n) is 3.49. The van der Waals surface area contributed by atoms with Gasteiger partial charge in [0.25, 0.3) is 0 Å². The average Bonchev–Trinajstić information content (AvgIpc) is 3.13. The predicted molar refractivity (Wildman–Crippen MR) is 106 cm³/mol. The second-order valence-electron chi connectivity index (χ2n) is 7.21. The average molecular weight is 447 g/mol. The molecule has 24 heavy (non-hydrogen) atoms. The van der Waals surface area contributed by atoms with Gasteiger partial charge in [-0.1, -0.05) is 25.4 Å². The van der Waals surface area contributed by atoms with Crippen LogP contribution >= 0.6 is 24.0 Å². The van der Waals surface area contributed by atoms with Crippen molar-refractivity contribution in [1.29, 1.82) is 0 Å². The van der Waals surface area contributed by atoms with Crippen molar-refractivity contribution >= 4 is 29.9 Å². The molecular formula is C17H30IN5O. The van der Waals surface area contributed by atoms with E-state index >= 15 is 0 Å². The first-order valence-electron chi connectivity index (χ1n) is 8.98. The molecule has 136 valence electrons. The molecule has 7 heteroatoms. The highest BCUT2D eigenvalue weighted by Gasteiger charge is 2.43. The van der Waals surface area contributed by atoms with Crippen molar-refractivity contribution < 1.29 is 4.52 Å². The molecule has 1 saturated heterocycles. The summed E-state index contributed by atoms with van der Waals surface area (Å²) in [7, 11) is 0. The zero-order chi connectivity index (χ0) is 16.3. The Bertz CT molecular complexity index is 553. The van der Waals surface area contributed by atoms with E-state index < -0.39 is 0 Å². The number of hydrogen-bond donors (Lipinski definition) is 1.